The Hall–Kier alpha value is -0.770. The monoisotopic (exact) mass is 234 g/mol. The van der Waals surface area contributed by atoms with E-state index in [1.807, 2.05) is 0 Å². The van der Waals surface area contributed by atoms with Gasteiger partial charge in [0.15, 0.2) is 0 Å². The first-order chi connectivity index (χ1) is 6.45. The number of hydrogen-bond acceptors (Lipinski definition) is 2. The normalized spacial score (nSPS) is 12.6. The molecule has 2 N–H and O–H groups in total. The Kier molecular flexibility index (Phi) is 3.37. The number of aromatic carboxylic acids is 1. The lowest BCUT2D eigenvalue weighted by molar-refractivity contribution is 0.0697. The molecule has 1 rings (SSSR count). The lowest BCUT2D eigenvalue weighted by Gasteiger charge is -2.11. The van der Waals surface area contributed by atoms with Crippen LogP contribution in [0.2, 0.25) is 10.0 Å². The van der Waals surface area contributed by atoms with Crippen LogP contribution in [0.5, 0.6) is 0 Å². The molecular formula is C9H8Cl2O3. The number of carboxylic acid groups (broad SMARTS) is 1. The van der Waals surface area contributed by atoms with Crippen molar-refractivity contribution in [1.29, 1.82) is 0 Å². The van der Waals surface area contributed by atoms with Gasteiger partial charge in [-0.15, -0.1) is 0 Å². The summed E-state index contributed by atoms with van der Waals surface area (Å²) in [5, 5.41) is 18.3. The fourth-order valence-electron chi connectivity index (χ4n) is 1.12. The molecule has 1 aromatic carbocycles. The Morgan fingerprint density at radius 2 is 2.00 bits per heavy atom. The molecule has 0 aliphatic heterocycles. The van der Waals surface area contributed by atoms with Gasteiger partial charge < -0.3 is 10.2 Å². The molecule has 0 heterocycles. The fraction of sp³-hybridized carbons (Fsp3) is 0.222. The Morgan fingerprint density at radius 3 is 2.43 bits per heavy atom. The molecule has 0 bridgehead atoms. The molecule has 76 valence electrons. The molecule has 3 nitrogen and oxygen atoms in total. The summed E-state index contributed by atoms with van der Waals surface area (Å²) >= 11 is 11.5. The Labute approximate surface area is 90.9 Å². The van der Waals surface area contributed by atoms with E-state index in [2.05, 4.69) is 0 Å². The predicted molar refractivity (Wildman–Crippen MR) is 54.1 cm³/mol. The van der Waals surface area contributed by atoms with Crippen LogP contribution in [-0.4, -0.2) is 16.2 Å². The lowest BCUT2D eigenvalue weighted by atomic mass is 10.1. The van der Waals surface area contributed by atoms with E-state index in [-0.39, 0.29) is 21.2 Å². The van der Waals surface area contributed by atoms with Crippen LogP contribution >= 0.6 is 23.2 Å². The van der Waals surface area contributed by atoms with Gasteiger partial charge in [0.2, 0.25) is 0 Å². The molecule has 0 saturated carbocycles. The van der Waals surface area contributed by atoms with E-state index in [4.69, 9.17) is 28.3 Å². The summed E-state index contributed by atoms with van der Waals surface area (Å²) in [7, 11) is 0. The molecule has 0 saturated heterocycles. The van der Waals surface area contributed by atoms with Crippen LogP contribution in [0.15, 0.2) is 12.1 Å². The molecular weight excluding hydrogens is 227 g/mol. The zero-order chi connectivity index (χ0) is 10.9. The number of halogens is 2. The molecule has 1 aromatic rings. The number of rotatable bonds is 2. The van der Waals surface area contributed by atoms with Gasteiger partial charge in [-0.1, -0.05) is 23.2 Å². The number of carbonyl (C=O) groups is 1. The minimum atomic E-state index is -1.14. The molecule has 1 atom stereocenters. The van der Waals surface area contributed by atoms with Gasteiger partial charge >= 0.3 is 5.97 Å². The quantitative estimate of drug-likeness (QED) is 0.828. The summed E-state index contributed by atoms with van der Waals surface area (Å²) in [4.78, 5) is 10.7. The van der Waals surface area contributed by atoms with Crippen LogP contribution in [0, 0.1) is 0 Å². The second-order valence-electron chi connectivity index (χ2n) is 2.80. The summed E-state index contributed by atoms with van der Waals surface area (Å²) in [5.74, 6) is -1.14. The van der Waals surface area contributed by atoms with Crippen LogP contribution in [0.1, 0.15) is 28.9 Å². The highest BCUT2D eigenvalue weighted by Crippen LogP contribution is 2.32. The highest BCUT2D eigenvalue weighted by Gasteiger charge is 2.18. The summed E-state index contributed by atoms with van der Waals surface area (Å²) in [5.41, 5.74) is 0.181. The molecule has 14 heavy (non-hydrogen) atoms. The van der Waals surface area contributed by atoms with Gasteiger partial charge in [-0.05, 0) is 19.1 Å². The largest absolute Gasteiger partial charge is 0.478 e. The number of benzene rings is 1. The first-order valence-electron chi connectivity index (χ1n) is 3.84. The topological polar surface area (TPSA) is 57.5 Å². The van der Waals surface area contributed by atoms with Gasteiger partial charge in [-0.25, -0.2) is 4.79 Å². The van der Waals surface area contributed by atoms with Crippen molar-refractivity contribution >= 4 is 29.2 Å². The van der Waals surface area contributed by atoms with Crippen LogP contribution in [0.3, 0.4) is 0 Å². The first-order valence-corrected chi connectivity index (χ1v) is 4.60. The SMILES string of the molecule is CC(O)c1c(Cl)ccc(C(=O)O)c1Cl. The average Bonchev–Trinajstić information content (AvgIpc) is 2.02. The van der Waals surface area contributed by atoms with E-state index in [1.165, 1.54) is 19.1 Å². The third-order valence-electron chi connectivity index (χ3n) is 1.77. The predicted octanol–water partition coefficient (Wildman–Crippen LogP) is 2.74. The van der Waals surface area contributed by atoms with Crippen LogP contribution in [0.25, 0.3) is 0 Å². The molecule has 0 radical (unpaired) electrons. The van der Waals surface area contributed by atoms with Gasteiger partial charge in [0.1, 0.15) is 0 Å². The minimum Gasteiger partial charge on any atom is -0.478 e. The summed E-state index contributed by atoms with van der Waals surface area (Å²) < 4.78 is 0. The van der Waals surface area contributed by atoms with Gasteiger partial charge in [0, 0.05) is 10.6 Å². The number of carboxylic acids is 1. The second kappa shape index (κ2) is 4.17. The fourth-order valence-corrected chi connectivity index (χ4v) is 1.88. The number of aliphatic hydroxyl groups excluding tert-OH is 1. The van der Waals surface area contributed by atoms with Crippen molar-refractivity contribution < 1.29 is 15.0 Å². The van der Waals surface area contributed by atoms with E-state index in [0.717, 1.165) is 0 Å². The average molecular weight is 235 g/mol. The third kappa shape index (κ3) is 2.00. The first kappa shape index (κ1) is 11.3. The zero-order valence-electron chi connectivity index (χ0n) is 7.29. The highest BCUT2D eigenvalue weighted by atomic mass is 35.5. The Bertz CT molecular complexity index is 375. The second-order valence-corrected chi connectivity index (χ2v) is 3.59. The van der Waals surface area contributed by atoms with E-state index in [0.29, 0.717) is 0 Å². The van der Waals surface area contributed by atoms with Gasteiger partial charge in [-0.2, -0.15) is 0 Å². The van der Waals surface area contributed by atoms with Crippen molar-refractivity contribution in [3.05, 3.63) is 33.3 Å². The Balaban J connectivity index is 3.41. The van der Waals surface area contributed by atoms with Crippen molar-refractivity contribution in [1.82, 2.24) is 0 Å². The maximum Gasteiger partial charge on any atom is 0.337 e. The molecule has 0 aromatic heterocycles. The van der Waals surface area contributed by atoms with Gasteiger partial charge in [0.05, 0.1) is 16.7 Å². The maximum absolute atomic E-state index is 10.7. The zero-order valence-corrected chi connectivity index (χ0v) is 8.80. The summed E-state index contributed by atoms with van der Waals surface area (Å²) in [6, 6.07) is 2.71. The molecule has 5 heteroatoms. The van der Waals surface area contributed by atoms with Gasteiger partial charge in [-0.3, -0.25) is 0 Å². The van der Waals surface area contributed by atoms with Crippen molar-refractivity contribution in [2.75, 3.05) is 0 Å². The van der Waals surface area contributed by atoms with Crippen molar-refractivity contribution in [3.63, 3.8) is 0 Å². The van der Waals surface area contributed by atoms with E-state index < -0.39 is 12.1 Å². The molecule has 0 aliphatic rings. The van der Waals surface area contributed by atoms with Crippen molar-refractivity contribution in [2.24, 2.45) is 0 Å². The van der Waals surface area contributed by atoms with Crippen LogP contribution in [0.4, 0.5) is 0 Å². The van der Waals surface area contributed by atoms with Crippen molar-refractivity contribution in [3.8, 4) is 0 Å². The van der Waals surface area contributed by atoms with Crippen LogP contribution in [-0.2, 0) is 0 Å². The van der Waals surface area contributed by atoms with Gasteiger partial charge in [0.25, 0.3) is 0 Å². The third-order valence-corrected chi connectivity index (χ3v) is 2.51. The number of hydrogen-bond donors (Lipinski definition) is 2. The van der Waals surface area contributed by atoms with E-state index >= 15 is 0 Å². The Morgan fingerprint density at radius 1 is 1.43 bits per heavy atom. The minimum absolute atomic E-state index is 0.0139. The smallest absolute Gasteiger partial charge is 0.337 e. The molecule has 0 fully saturated rings. The standard InChI is InChI=1S/C9H8Cl2O3/c1-4(12)7-6(10)3-2-5(8(7)11)9(13)14/h2-4,12H,1H3,(H,13,14). The van der Waals surface area contributed by atoms with Crippen molar-refractivity contribution in [2.45, 2.75) is 13.0 Å². The maximum atomic E-state index is 10.7. The highest BCUT2D eigenvalue weighted by molar-refractivity contribution is 6.38. The lowest BCUT2D eigenvalue weighted by Crippen LogP contribution is -2.02. The molecule has 1 unspecified atom stereocenters. The molecule has 0 amide bonds. The van der Waals surface area contributed by atoms with E-state index in [9.17, 15) is 9.90 Å². The summed E-state index contributed by atoms with van der Waals surface area (Å²) in [6.07, 6.45) is -0.894. The molecule has 0 aliphatic carbocycles. The molecule has 0 spiro atoms. The van der Waals surface area contributed by atoms with Crippen LogP contribution < -0.4 is 0 Å². The summed E-state index contributed by atoms with van der Waals surface area (Å²) in [6.45, 7) is 1.47. The van der Waals surface area contributed by atoms with E-state index in [1.54, 1.807) is 0 Å². The number of aliphatic hydroxyl groups is 1.